The summed E-state index contributed by atoms with van der Waals surface area (Å²) in [5, 5.41) is 0. The third kappa shape index (κ3) is 4.39. The van der Waals surface area contributed by atoms with Crippen LogP contribution >= 0.6 is 0 Å². The van der Waals surface area contributed by atoms with E-state index in [9.17, 15) is 4.79 Å². The highest BCUT2D eigenvalue weighted by atomic mass is 16.5. The van der Waals surface area contributed by atoms with Gasteiger partial charge < -0.3 is 9.64 Å². The van der Waals surface area contributed by atoms with Crippen molar-refractivity contribution in [2.75, 3.05) is 33.3 Å². The number of pyridine rings is 1. The summed E-state index contributed by atoms with van der Waals surface area (Å²) >= 11 is 0. The lowest BCUT2D eigenvalue weighted by Crippen LogP contribution is -2.72. The zero-order valence-electron chi connectivity index (χ0n) is 15.6. The van der Waals surface area contributed by atoms with E-state index in [2.05, 4.69) is 23.9 Å². The maximum Gasteiger partial charge on any atom is 0.222 e. The molecule has 25 heavy (non-hydrogen) atoms. The summed E-state index contributed by atoms with van der Waals surface area (Å²) in [6.45, 7) is 6.49. The number of likely N-dealkylation sites (tertiary alicyclic amines) is 2. The molecule has 2 fully saturated rings. The maximum absolute atomic E-state index is 12.2. The van der Waals surface area contributed by atoms with Crippen LogP contribution < -0.4 is 0 Å². The molecule has 5 nitrogen and oxygen atoms in total. The summed E-state index contributed by atoms with van der Waals surface area (Å²) in [5.74, 6) is 0.919. The second-order valence-electron chi connectivity index (χ2n) is 7.73. The monoisotopic (exact) mass is 345 g/mol. The normalized spacial score (nSPS) is 22.8. The molecule has 0 unspecified atom stereocenters. The lowest BCUT2D eigenvalue weighted by atomic mass is 9.75. The first-order valence-corrected chi connectivity index (χ1v) is 9.58. The molecule has 138 valence electrons. The second-order valence-corrected chi connectivity index (χ2v) is 7.73. The quantitative estimate of drug-likeness (QED) is 0.762. The summed E-state index contributed by atoms with van der Waals surface area (Å²) in [4.78, 5) is 20.8. The average molecular weight is 345 g/mol. The Balaban J connectivity index is 1.45. The number of nitrogens with zero attached hydrogens (tertiary/aromatic N) is 3. The highest BCUT2D eigenvalue weighted by Crippen LogP contribution is 2.38. The van der Waals surface area contributed by atoms with E-state index in [0.29, 0.717) is 24.9 Å². The fourth-order valence-electron chi connectivity index (χ4n) is 4.07. The largest absolute Gasteiger partial charge is 0.376 e. The molecule has 1 atom stereocenters. The Bertz CT molecular complexity index is 557. The summed E-state index contributed by atoms with van der Waals surface area (Å²) < 4.78 is 5.96. The summed E-state index contributed by atoms with van der Waals surface area (Å²) in [5.41, 5.74) is 1.36. The van der Waals surface area contributed by atoms with E-state index in [-0.39, 0.29) is 5.54 Å². The van der Waals surface area contributed by atoms with Gasteiger partial charge in [0, 0.05) is 38.5 Å². The third-order valence-corrected chi connectivity index (χ3v) is 5.79. The van der Waals surface area contributed by atoms with E-state index in [1.165, 1.54) is 12.0 Å². The smallest absolute Gasteiger partial charge is 0.222 e. The van der Waals surface area contributed by atoms with Crippen molar-refractivity contribution in [2.24, 2.45) is 5.92 Å². The van der Waals surface area contributed by atoms with E-state index in [0.717, 1.165) is 45.5 Å². The summed E-state index contributed by atoms with van der Waals surface area (Å²) in [6.07, 6.45) is 8.72. The number of carbonyl (C=O) groups is 1. The highest BCUT2D eigenvalue weighted by Gasteiger charge is 2.50. The van der Waals surface area contributed by atoms with Crippen molar-refractivity contribution in [3.05, 3.63) is 30.1 Å². The predicted molar refractivity (Wildman–Crippen MR) is 98.1 cm³/mol. The Morgan fingerprint density at radius 2 is 2.12 bits per heavy atom. The van der Waals surface area contributed by atoms with Gasteiger partial charge in [-0.25, -0.2) is 0 Å². The van der Waals surface area contributed by atoms with Gasteiger partial charge in [-0.2, -0.15) is 0 Å². The number of ether oxygens (including phenoxy) is 1. The van der Waals surface area contributed by atoms with Crippen LogP contribution in [0.1, 0.15) is 44.6 Å². The van der Waals surface area contributed by atoms with Crippen molar-refractivity contribution >= 4 is 5.91 Å². The standard InChI is InChI=1S/C20H31N3O2/c1-3-4-5-19(24)23-15-20(16-23)12-18(8-11-22(20)2)14-25-13-17-6-9-21-10-7-17/h6-7,9-10,18H,3-5,8,11-16H2,1-2H3/t18-/m1/s1. The van der Waals surface area contributed by atoms with Gasteiger partial charge in [-0.15, -0.1) is 0 Å². The topological polar surface area (TPSA) is 45.7 Å². The molecular weight excluding hydrogens is 314 g/mol. The Kier molecular flexibility index (Phi) is 6.07. The molecule has 0 aliphatic carbocycles. The van der Waals surface area contributed by atoms with Crippen LogP contribution in [0.2, 0.25) is 0 Å². The van der Waals surface area contributed by atoms with E-state index in [1.807, 2.05) is 29.4 Å². The van der Waals surface area contributed by atoms with Gasteiger partial charge in [0.25, 0.3) is 0 Å². The van der Waals surface area contributed by atoms with Crippen LogP contribution in [-0.2, 0) is 16.1 Å². The molecule has 0 N–H and O–H groups in total. The van der Waals surface area contributed by atoms with Crippen LogP contribution in [-0.4, -0.2) is 59.5 Å². The predicted octanol–water partition coefficient (Wildman–Crippen LogP) is 2.71. The highest BCUT2D eigenvalue weighted by molar-refractivity contribution is 5.77. The molecule has 2 aliphatic rings. The molecule has 1 spiro atoms. The average Bonchev–Trinajstić information content (AvgIpc) is 2.60. The van der Waals surface area contributed by atoms with Gasteiger partial charge >= 0.3 is 0 Å². The molecule has 1 aromatic heterocycles. The zero-order valence-corrected chi connectivity index (χ0v) is 15.6. The van der Waals surface area contributed by atoms with Crippen LogP contribution in [0.3, 0.4) is 0 Å². The first kappa shape index (κ1) is 18.3. The Morgan fingerprint density at radius 1 is 1.36 bits per heavy atom. The van der Waals surface area contributed by atoms with E-state index in [1.54, 1.807) is 0 Å². The van der Waals surface area contributed by atoms with Crippen molar-refractivity contribution < 1.29 is 9.53 Å². The number of carbonyl (C=O) groups excluding carboxylic acids is 1. The maximum atomic E-state index is 12.2. The van der Waals surface area contributed by atoms with Gasteiger partial charge in [0.2, 0.25) is 5.91 Å². The van der Waals surface area contributed by atoms with Crippen LogP contribution in [0, 0.1) is 5.92 Å². The number of unbranched alkanes of at least 4 members (excludes halogenated alkanes) is 1. The van der Waals surface area contributed by atoms with Crippen molar-refractivity contribution in [3.8, 4) is 0 Å². The number of piperidine rings is 1. The second kappa shape index (κ2) is 8.28. The zero-order chi connectivity index (χ0) is 17.7. The Morgan fingerprint density at radius 3 is 2.84 bits per heavy atom. The molecule has 1 aromatic rings. The van der Waals surface area contributed by atoms with Crippen molar-refractivity contribution in [3.63, 3.8) is 0 Å². The first-order chi connectivity index (χ1) is 12.1. The molecule has 2 saturated heterocycles. The third-order valence-electron chi connectivity index (χ3n) is 5.79. The molecule has 1 amide bonds. The molecule has 3 rings (SSSR count). The molecule has 0 aromatic carbocycles. The van der Waals surface area contributed by atoms with Gasteiger partial charge in [-0.3, -0.25) is 14.7 Å². The molecule has 2 aliphatic heterocycles. The number of amides is 1. The minimum atomic E-state index is 0.185. The SMILES string of the molecule is CCCCC(=O)N1CC2(C[C@H](COCc3ccncc3)CCN2C)C1. The van der Waals surface area contributed by atoms with Gasteiger partial charge in [0.05, 0.1) is 12.1 Å². The van der Waals surface area contributed by atoms with Crippen molar-refractivity contribution in [1.82, 2.24) is 14.8 Å². The molecule has 0 radical (unpaired) electrons. The minimum absolute atomic E-state index is 0.185. The Labute approximate surface area is 151 Å². The van der Waals surface area contributed by atoms with Crippen molar-refractivity contribution in [2.45, 2.75) is 51.2 Å². The number of hydrogen-bond donors (Lipinski definition) is 0. The molecule has 5 heteroatoms. The van der Waals surface area contributed by atoms with Crippen LogP contribution in [0.4, 0.5) is 0 Å². The van der Waals surface area contributed by atoms with Crippen LogP contribution in [0.25, 0.3) is 0 Å². The first-order valence-electron chi connectivity index (χ1n) is 9.58. The van der Waals surface area contributed by atoms with Gasteiger partial charge in [0.15, 0.2) is 0 Å². The summed E-state index contributed by atoms with van der Waals surface area (Å²) in [7, 11) is 2.21. The van der Waals surface area contributed by atoms with Gasteiger partial charge in [-0.1, -0.05) is 13.3 Å². The number of likely N-dealkylation sites (N-methyl/N-ethyl adjacent to an activating group) is 1. The van der Waals surface area contributed by atoms with E-state index >= 15 is 0 Å². The fourth-order valence-corrected chi connectivity index (χ4v) is 4.07. The number of aromatic nitrogens is 1. The lowest BCUT2D eigenvalue weighted by Gasteiger charge is -2.58. The summed E-state index contributed by atoms with van der Waals surface area (Å²) in [6, 6.07) is 4.00. The van der Waals surface area contributed by atoms with Crippen LogP contribution in [0.5, 0.6) is 0 Å². The molecule has 0 bridgehead atoms. The number of hydrogen-bond acceptors (Lipinski definition) is 4. The van der Waals surface area contributed by atoms with Crippen molar-refractivity contribution in [1.29, 1.82) is 0 Å². The van der Waals surface area contributed by atoms with E-state index < -0.39 is 0 Å². The fraction of sp³-hybridized carbons (Fsp3) is 0.700. The molecule has 3 heterocycles. The molecule has 0 saturated carbocycles. The van der Waals surface area contributed by atoms with Gasteiger partial charge in [-0.05, 0) is 56.5 Å². The number of rotatable bonds is 7. The van der Waals surface area contributed by atoms with Crippen LogP contribution in [0.15, 0.2) is 24.5 Å². The lowest BCUT2D eigenvalue weighted by molar-refractivity contribution is -0.151. The minimum Gasteiger partial charge on any atom is -0.376 e. The van der Waals surface area contributed by atoms with E-state index in [4.69, 9.17) is 4.74 Å². The Hall–Kier alpha value is -1.46. The van der Waals surface area contributed by atoms with Gasteiger partial charge in [0.1, 0.15) is 0 Å². The molecular formula is C20H31N3O2.